The van der Waals surface area contributed by atoms with Gasteiger partial charge in [-0.1, -0.05) is 24.6 Å². The molecule has 11 heteroatoms. The van der Waals surface area contributed by atoms with Crippen molar-refractivity contribution in [3.05, 3.63) is 28.0 Å². The number of hydrogen-bond acceptors (Lipinski definition) is 9. The minimum Gasteiger partial charge on any atom is -0.493 e. The van der Waals surface area contributed by atoms with Crippen LogP contribution in [-0.4, -0.2) is 48.2 Å². The number of nitriles is 1. The molecule has 0 spiro atoms. The molecule has 0 atom stereocenters. The monoisotopic (exact) mass is 462 g/mol. The Morgan fingerprint density at radius 3 is 2.38 bits per heavy atom. The normalized spacial score (nSPS) is 10.3. The fourth-order valence-corrected chi connectivity index (χ4v) is 3.88. The van der Waals surface area contributed by atoms with E-state index < -0.39 is 11.5 Å². The van der Waals surface area contributed by atoms with Crippen molar-refractivity contribution in [2.24, 2.45) is 0 Å². The highest BCUT2D eigenvalue weighted by atomic mass is 32.2. The van der Waals surface area contributed by atoms with Crippen LogP contribution in [0.15, 0.2) is 22.1 Å². The van der Waals surface area contributed by atoms with Crippen molar-refractivity contribution in [2.45, 2.75) is 37.3 Å². The maximum absolute atomic E-state index is 12.5. The summed E-state index contributed by atoms with van der Waals surface area (Å²) in [6.07, 6.45) is 3.57. The van der Waals surface area contributed by atoms with Crippen LogP contribution in [0.2, 0.25) is 0 Å². The van der Waals surface area contributed by atoms with Crippen molar-refractivity contribution in [1.29, 1.82) is 5.26 Å². The van der Waals surface area contributed by atoms with E-state index in [4.69, 9.17) is 19.4 Å². The van der Waals surface area contributed by atoms with Crippen LogP contribution < -0.4 is 25.2 Å². The number of hydrogen-bond donors (Lipinski definition) is 3. The van der Waals surface area contributed by atoms with Gasteiger partial charge in [-0.2, -0.15) is 5.26 Å². The lowest BCUT2D eigenvalue weighted by molar-refractivity contribution is -0.129. The van der Waals surface area contributed by atoms with E-state index in [9.17, 15) is 14.9 Å². The van der Waals surface area contributed by atoms with E-state index in [0.29, 0.717) is 40.1 Å². The Kier molecular flexibility index (Phi) is 9.84. The fraction of sp³-hybridized carbons (Fsp3) is 0.429. The quantitative estimate of drug-likeness (QED) is 0.142. The Labute approximate surface area is 189 Å². The van der Waals surface area contributed by atoms with E-state index >= 15 is 0 Å². The summed E-state index contributed by atoms with van der Waals surface area (Å²) in [5, 5.41) is 18.4. The second kappa shape index (κ2) is 12.6. The molecule has 10 nitrogen and oxygen atoms in total. The summed E-state index contributed by atoms with van der Waals surface area (Å²) in [6.45, 7) is 0. The van der Waals surface area contributed by atoms with Gasteiger partial charge in [0.25, 0.3) is 5.56 Å². The molecule has 1 heterocycles. The van der Waals surface area contributed by atoms with Gasteiger partial charge in [-0.25, -0.2) is 10.5 Å². The third kappa shape index (κ3) is 6.38. The lowest BCUT2D eigenvalue weighted by Crippen LogP contribution is -2.17. The average molecular weight is 463 g/mol. The maximum atomic E-state index is 12.5. The number of unbranched alkanes of at least 4 members (excludes halogenated alkanes) is 3. The Balaban J connectivity index is 2.19. The third-order valence-corrected chi connectivity index (χ3v) is 5.57. The van der Waals surface area contributed by atoms with Crippen LogP contribution in [0.1, 0.15) is 37.7 Å². The third-order valence-electron chi connectivity index (χ3n) is 4.61. The van der Waals surface area contributed by atoms with Crippen LogP contribution in [0.3, 0.4) is 0 Å². The van der Waals surface area contributed by atoms with E-state index in [1.165, 1.54) is 33.1 Å². The molecule has 0 aliphatic carbocycles. The molecule has 2 rings (SSSR count). The lowest BCUT2D eigenvalue weighted by Gasteiger charge is -2.14. The number of amides is 1. The van der Waals surface area contributed by atoms with Crippen LogP contribution in [-0.2, 0) is 4.79 Å². The van der Waals surface area contributed by atoms with Gasteiger partial charge in [0, 0.05) is 17.7 Å². The molecule has 0 radical (unpaired) electrons. The summed E-state index contributed by atoms with van der Waals surface area (Å²) >= 11 is 1.38. The molecule has 0 aliphatic heterocycles. The number of hydroxylamine groups is 1. The predicted molar refractivity (Wildman–Crippen MR) is 118 cm³/mol. The zero-order chi connectivity index (χ0) is 23.5. The van der Waals surface area contributed by atoms with E-state index in [2.05, 4.69) is 9.97 Å². The van der Waals surface area contributed by atoms with Crippen molar-refractivity contribution in [3.63, 3.8) is 0 Å². The van der Waals surface area contributed by atoms with Gasteiger partial charge in [-0.05, 0) is 25.0 Å². The maximum Gasteiger partial charge on any atom is 0.270 e. The van der Waals surface area contributed by atoms with E-state index in [-0.39, 0.29) is 17.7 Å². The van der Waals surface area contributed by atoms with Gasteiger partial charge in [-0.3, -0.25) is 14.8 Å². The Hall–Kier alpha value is -3.23. The number of carbonyl (C=O) groups excluding carboxylic acids is 1. The molecular weight excluding hydrogens is 436 g/mol. The highest BCUT2D eigenvalue weighted by Crippen LogP contribution is 2.41. The number of carbonyl (C=O) groups is 1. The molecule has 0 fully saturated rings. The minimum absolute atomic E-state index is 0.106. The molecule has 0 unspecified atom stereocenters. The molecule has 3 N–H and O–H groups in total. The first kappa shape index (κ1) is 25.0. The number of nitrogens with zero attached hydrogens (tertiary/aromatic N) is 2. The van der Waals surface area contributed by atoms with Crippen molar-refractivity contribution >= 4 is 17.7 Å². The van der Waals surface area contributed by atoms with E-state index in [0.717, 1.165) is 19.3 Å². The van der Waals surface area contributed by atoms with Crippen molar-refractivity contribution in [2.75, 3.05) is 27.1 Å². The van der Waals surface area contributed by atoms with Crippen LogP contribution in [0.4, 0.5) is 0 Å². The first-order valence-electron chi connectivity index (χ1n) is 9.89. The van der Waals surface area contributed by atoms with Crippen molar-refractivity contribution < 1.29 is 24.2 Å². The smallest absolute Gasteiger partial charge is 0.270 e. The first-order chi connectivity index (χ1) is 15.5. The molecule has 1 aromatic heterocycles. The highest BCUT2D eigenvalue weighted by molar-refractivity contribution is 7.99. The van der Waals surface area contributed by atoms with E-state index in [1.807, 2.05) is 6.07 Å². The molecule has 0 saturated carbocycles. The number of H-pyrrole nitrogens is 1. The summed E-state index contributed by atoms with van der Waals surface area (Å²) in [4.78, 5) is 30.6. The second-order valence-corrected chi connectivity index (χ2v) is 7.75. The fourth-order valence-electron chi connectivity index (χ4n) is 3.02. The Bertz CT molecular complexity index is 1010. The summed E-state index contributed by atoms with van der Waals surface area (Å²) in [5.41, 5.74) is 1.70. The zero-order valence-corrected chi connectivity index (χ0v) is 19.0. The van der Waals surface area contributed by atoms with Gasteiger partial charge in [0.15, 0.2) is 16.7 Å². The molecule has 0 saturated heterocycles. The van der Waals surface area contributed by atoms with Gasteiger partial charge in [-0.15, -0.1) is 0 Å². The summed E-state index contributed by atoms with van der Waals surface area (Å²) in [7, 11) is 4.45. The lowest BCUT2D eigenvalue weighted by atomic mass is 10.1. The number of benzene rings is 1. The number of nitrogens with one attached hydrogen (secondary N) is 2. The summed E-state index contributed by atoms with van der Waals surface area (Å²) < 4.78 is 16.0. The standard InChI is InChI=1S/C21H26N4O6S/c1-29-15-10-13(11-16(30-2)19(15)31-3)18-14(12-22)20(27)24-21(23-18)32-9-7-5-4-6-8-17(26)25-28/h10-11,28H,4-9H2,1-3H3,(H,25,26)(H,23,24,27). The van der Waals surface area contributed by atoms with Crippen LogP contribution in [0.25, 0.3) is 11.3 Å². The minimum atomic E-state index is -0.524. The molecule has 172 valence electrons. The Morgan fingerprint density at radius 1 is 1.16 bits per heavy atom. The summed E-state index contributed by atoms with van der Waals surface area (Å²) in [6, 6.07) is 5.20. The van der Waals surface area contributed by atoms with Gasteiger partial charge < -0.3 is 19.2 Å². The zero-order valence-electron chi connectivity index (χ0n) is 18.2. The van der Waals surface area contributed by atoms with E-state index in [1.54, 1.807) is 17.6 Å². The Morgan fingerprint density at radius 2 is 1.81 bits per heavy atom. The number of thioether (sulfide) groups is 1. The highest BCUT2D eigenvalue weighted by Gasteiger charge is 2.19. The molecule has 0 bridgehead atoms. The van der Waals surface area contributed by atoms with Gasteiger partial charge in [0.1, 0.15) is 11.6 Å². The average Bonchev–Trinajstić information content (AvgIpc) is 2.81. The molecule has 1 aromatic carbocycles. The first-order valence-corrected chi connectivity index (χ1v) is 10.9. The van der Waals surface area contributed by atoms with Crippen molar-refractivity contribution in [1.82, 2.24) is 15.4 Å². The van der Waals surface area contributed by atoms with Crippen LogP contribution in [0.5, 0.6) is 17.2 Å². The molecule has 2 aromatic rings. The second-order valence-electron chi connectivity index (χ2n) is 6.67. The number of aromatic nitrogens is 2. The largest absolute Gasteiger partial charge is 0.493 e. The topological polar surface area (TPSA) is 147 Å². The summed E-state index contributed by atoms with van der Waals surface area (Å²) in [5.74, 6) is 1.48. The number of aromatic amines is 1. The molecule has 32 heavy (non-hydrogen) atoms. The van der Waals surface area contributed by atoms with Gasteiger partial charge in [0.2, 0.25) is 11.7 Å². The number of methoxy groups -OCH3 is 3. The van der Waals surface area contributed by atoms with Crippen LogP contribution >= 0.6 is 11.8 Å². The number of ether oxygens (including phenoxy) is 3. The molecule has 0 aliphatic rings. The van der Waals surface area contributed by atoms with Crippen molar-refractivity contribution in [3.8, 4) is 34.6 Å². The van der Waals surface area contributed by atoms with Gasteiger partial charge in [0.05, 0.1) is 27.0 Å². The SMILES string of the molecule is COc1cc(-c2nc(SCCCCCCC(=O)NO)[nH]c(=O)c2C#N)cc(OC)c1OC. The number of rotatable bonds is 12. The van der Waals surface area contributed by atoms with Gasteiger partial charge >= 0.3 is 0 Å². The molecular formula is C21H26N4O6S. The predicted octanol–water partition coefficient (Wildman–Crippen LogP) is 2.88. The molecule has 1 amide bonds. The van der Waals surface area contributed by atoms with Crippen LogP contribution in [0, 0.1) is 11.3 Å².